The van der Waals surface area contributed by atoms with Crippen molar-refractivity contribution in [2.75, 3.05) is 27.2 Å². The molecule has 0 radical (unpaired) electrons. The summed E-state index contributed by atoms with van der Waals surface area (Å²) in [4.78, 5) is 13.6. The lowest BCUT2D eigenvalue weighted by Crippen LogP contribution is -2.44. The van der Waals surface area contributed by atoms with Gasteiger partial charge in [0, 0.05) is 6.42 Å². The van der Waals surface area contributed by atoms with Crippen molar-refractivity contribution in [3.05, 3.63) is 23.7 Å². The molecular formula is C9H15N2O2+. The van der Waals surface area contributed by atoms with Crippen LogP contribution in [-0.4, -0.2) is 42.7 Å². The molecule has 72 valence electrons. The van der Waals surface area contributed by atoms with Gasteiger partial charge in [-0.05, 0) is 0 Å². The first kappa shape index (κ1) is 11.7. The molecule has 0 aliphatic carbocycles. The van der Waals surface area contributed by atoms with E-state index < -0.39 is 5.97 Å². The molecule has 0 aromatic rings. The summed E-state index contributed by atoms with van der Waals surface area (Å²) >= 11 is 0. The van der Waals surface area contributed by atoms with Crippen LogP contribution >= 0.6 is 0 Å². The Balaban J connectivity index is 3.97. The Morgan fingerprint density at radius 3 is 2.54 bits per heavy atom. The van der Waals surface area contributed by atoms with Gasteiger partial charge in [0.15, 0.2) is 12.2 Å². The van der Waals surface area contributed by atoms with E-state index in [9.17, 15) is 4.79 Å². The summed E-state index contributed by atoms with van der Waals surface area (Å²) in [6, 6.07) is 0. The lowest BCUT2D eigenvalue weighted by Gasteiger charge is -2.27. The predicted octanol–water partition coefficient (Wildman–Crippen LogP) is 0.970. The third-order valence-corrected chi connectivity index (χ3v) is 1.73. The highest BCUT2D eigenvalue weighted by atomic mass is 16.4. The summed E-state index contributed by atoms with van der Waals surface area (Å²) in [5.41, 5.74) is 0.483. The first-order valence-corrected chi connectivity index (χ1v) is 3.96. The van der Waals surface area contributed by atoms with Gasteiger partial charge in [-0.1, -0.05) is 6.58 Å². The van der Waals surface area contributed by atoms with Crippen LogP contribution in [0, 0.1) is 6.57 Å². The number of carbonyl (C=O) groups is 1. The third kappa shape index (κ3) is 5.88. The zero-order chi connectivity index (χ0) is 10.5. The van der Waals surface area contributed by atoms with Crippen LogP contribution in [0.1, 0.15) is 6.42 Å². The van der Waals surface area contributed by atoms with Crippen LogP contribution in [0.2, 0.25) is 0 Å². The van der Waals surface area contributed by atoms with Gasteiger partial charge in [-0.15, -0.1) is 0 Å². The van der Waals surface area contributed by atoms with E-state index >= 15 is 0 Å². The van der Waals surface area contributed by atoms with Gasteiger partial charge >= 0.3 is 5.97 Å². The Morgan fingerprint density at radius 1 is 1.62 bits per heavy atom. The van der Waals surface area contributed by atoms with Crippen LogP contribution < -0.4 is 0 Å². The molecule has 0 aliphatic heterocycles. The zero-order valence-electron chi connectivity index (χ0n) is 8.08. The second kappa shape index (κ2) is 4.63. The number of carboxylic acid groups (broad SMARTS) is 1. The van der Waals surface area contributed by atoms with Gasteiger partial charge in [0.05, 0.1) is 27.2 Å². The van der Waals surface area contributed by atoms with E-state index in [0.717, 1.165) is 0 Å². The van der Waals surface area contributed by atoms with Gasteiger partial charge in [-0.2, -0.15) is 0 Å². The summed E-state index contributed by atoms with van der Waals surface area (Å²) in [5.74, 6) is -0.821. The molecular weight excluding hydrogens is 168 g/mol. The molecule has 0 aromatic carbocycles. The average Bonchev–Trinajstić information content (AvgIpc) is 1.98. The van der Waals surface area contributed by atoms with Crippen molar-refractivity contribution in [2.24, 2.45) is 0 Å². The highest BCUT2D eigenvalue weighted by molar-refractivity contribution is 5.67. The first-order chi connectivity index (χ1) is 5.87. The van der Waals surface area contributed by atoms with E-state index in [-0.39, 0.29) is 6.54 Å². The van der Waals surface area contributed by atoms with E-state index in [0.29, 0.717) is 23.1 Å². The fourth-order valence-corrected chi connectivity index (χ4v) is 0.933. The van der Waals surface area contributed by atoms with E-state index in [1.54, 1.807) is 0 Å². The van der Waals surface area contributed by atoms with Crippen molar-refractivity contribution in [1.82, 2.24) is 0 Å². The number of rotatable bonds is 5. The van der Waals surface area contributed by atoms with E-state index in [1.807, 2.05) is 14.1 Å². The maximum absolute atomic E-state index is 10.4. The SMILES string of the molecule is [C-]#[N+]C(=C)CC[N+](C)(C)CC(=O)O. The molecule has 0 rings (SSSR count). The van der Waals surface area contributed by atoms with Gasteiger partial charge in [-0.25, -0.2) is 9.64 Å². The highest BCUT2D eigenvalue weighted by Gasteiger charge is 2.19. The molecule has 0 saturated carbocycles. The molecule has 0 unspecified atom stereocenters. The number of hydrogen-bond acceptors (Lipinski definition) is 1. The largest absolute Gasteiger partial charge is 0.477 e. The molecule has 4 heteroatoms. The number of nitrogens with zero attached hydrogens (tertiary/aromatic N) is 2. The van der Waals surface area contributed by atoms with Gasteiger partial charge in [0.25, 0.3) is 0 Å². The molecule has 0 aromatic heterocycles. The third-order valence-electron chi connectivity index (χ3n) is 1.73. The van der Waals surface area contributed by atoms with Crippen molar-refractivity contribution < 1.29 is 14.4 Å². The number of hydrogen-bond donors (Lipinski definition) is 1. The zero-order valence-corrected chi connectivity index (χ0v) is 8.08. The van der Waals surface area contributed by atoms with Crippen molar-refractivity contribution in [3.8, 4) is 0 Å². The van der Waals surface area contributed by atoms with Gasteiger partial charge < -0.3 is 9.59 Å². The normalized spacial score (nSPS) is 10.5. The molecule has 0 spiro atoms. The highest BCUT2D eigenvalue weighted by Crippen LogP contribution is 2.05. The lowest BCUT2D eigenvalue weighted by molar-refractivity contribution is -0.882. The Labute approximate surface area is 78.5 Å². The Morgan fingerprint density at radius 2 is 2.15 bits per heavy atom. The van der Waals surface area contributed by atoms with Crippen molar-refractivity contribution in [3.63, 3.8) is 0 Å². The Bertz CT molecular complexity index is 251. The van der Waals surface area contributed by atoms with E-state index in [4.69, 9.17) is 11.7 Å². The average molecular weight is 183 g/mol. The van der Waals surface area contributed by atoms with Crippen LogP contribution in [-0.2, 0) is 4.79 Å². The Hall–Kier alpha value is -1.34. The number of carboxylic acids is 1. The van der Waals surface area contributed by atoms with Crippen LogP contribution in [0.15, 0.2) is 12.3 Å². The molecule has 0 saturated heterocycles. The van der Waals surface area contributed by atoms with Gasteiger partial charge in [-0.3, -0.25) is 0 Å². The number of likely N-dealkylation sites (N-methyl/N-ethyl adjacent to an activating group) is 1. The van der Waals surface area contributed by atoms with E-state index in [1.165, 1.54) is 0 Å². The van der Waals surface area contributed by atoms with E-state index in [2.05, 4.69) is 11.4 Å². The smallest absolute Gasteiger partial charge is 0.359 e. The predicted molar refractivity (Wildman–Crippen MR) is 49.8 cm³/mol. The standard InChI is InChI=1S/C9H14N2O2/c1-8(10-2)5-6-11(3,4)7-9(12)13/h1,5-7H2,3-4H3/p+1. The summed E-state index contributed by atoms with van der Waals surface area (Å²) in [6.07, 6.45) is 0.559. The van der Waals surface area contributed by atoms with Crippen LogP contribution in [0.3, 0.4) is 0 Å². The van der Waals surface area contributed by atoms with Gasteiger partial charge in [0.1, 0.15) is 0 Å². The van der Waals surface area contributed by atoms with Crippen molar-refractivity contribution >= 4 is 5.97 Å². The minimum Gasteiger partial charge on any atom is -0.477 e. The second-order valence-corrected chi connectivity index (χ2v) is 3.64. The van der Waals surface area contributed by atoms with Crippen LogP contribution in [0.5, 0.6) is 0 Å². The van der Waals surface area contributed by atoms with Crippen molar-refractivity contribution in [1.29, 1.82) is 0 Å². The molecule has 13 heavy (non-hydrogen) atoms. The summed E-state index contributed by atoms with van der Waals surface area (Å²) in [5, 5.41) is 8.57. The number of aliphatic carboxylic acids is 1. The molecule has 0 aliphatic rings. The monoisotopic (exact) mass is 183 g/mol. The van der Waals surface area contributed by atoms with Gasteiger partial charge in [0.2, 0.25) is 0 Å². The van der Waals surface area contributed by atoms with Crippen LogP contribution in [0.4, 0.5) is 0 Å². The lowest BCUT2D eigenvalue weighted by atomic mass is 10.3. The fraction of sp³-hybridized carbons (Fsp3) is 0.556. The minimum absolute atomic E-state index is 0.0747. The molecule has 0 bridgehead atoms. The summed E-state index contributed by atoms with van der Waals surface area (Å²) < 4.78 is 0.379. The maximum Gasteiger partial charge on any atom is 0.359 e. The quantitative estimate of drug-likeness (QED) is 0.509. The maximum atomic E-state index is 10.4. The number of quaternary nitrogens is 1. The summed E-state index contributed by atoms with van der Waals surface area (Å²) in [6.45, 7) is 10.9. The minimum atomic E-state index is -0.821. The molecule has 0 heterocycles. The summed E-state index contributed by atoms with van der Waals surface area (Å²) in [7, 11) is 3.65. The van der Waals surface area contributed by atoms with Crippen LogP contribution in [0.25, 0.3) is 4.85 Å². The Kier molecular flexibility index (Phi) is 4.15. The topological polar surface area (TPSA) is 41.7 Å². The molecule has 0 atom stereocenters. The van der Waals surface area contributed by atoms with Crippen molar-refractivity contribution in [2.45, 2.75) is 6.42 Å². The first-order valence-electron chi connectivity index (χ1n) is 3.96. The molecule has 0 amide bonds. The molecule has 0 fully saturated rings. The molecule has 4 nitrogen and oxygen atoms in total. The molecule has 1 N–H and O–H groups in total. The second-order valence-electron chi connectivity index (χ2n) is 3.64. The fourth-order valence-electron chi connectivity index (χ4n) is 0.933.